The molecule has 15 heteroatoms. The predicted octanol–water partition coefficient (Wildman–Crippen LogP) is 2.53. The molecule has 2 fully saturated rings. The van der Waals surface area contributed by atoms with Crippen LogP contribution in [0.15, 0.2) is 110 Å². The number of carboxylic acid groups (broad SMARTS) is 1. The average Bonchev–Trinajstić information content (AvgIpc) is 3.90. The number of carboxylic acids is 1. The van der Waals surface area contributed by atoms with Crippen molar-refractivity contribution in [3.8, 4) is 0 Å². The van der Waals surface area contributed by atoms with Crippen LogP contribution < -0.4 is 32.2 Å². The van der Waals surface area contributed by atoms with Crippen LogP contribution in [0.1, 0.15) is 85.7 Å². The number of halogens is 1. The van der Waals surface area contributed by atoms with Gasteiger partial charge in [-0.1, -0.05) is 68.1 Å². The van der Waals surface area contributed by atoms with Gasteiger partial charge in [-0.3, -0.25) is 9.59 Å². The Balaban J connectivity index is 0.000000311. The molecule has 0 spiro atoms. The zero-order valence-electron chi connectivity index (χ0n) is 33.7. The molecular formula is C45H58ClN6O8+. The van der Waals surface area contributed by atoms with Gasteiger partial charge >= 0.3 is 18.2 Å². The predicted molar refractivity (Wildman–Crippen MR) is 220 cm³/mol. The summed E-state index contributed by atoms with van der Waals surface area (Å²) < 4.78 is 13.8. The summed E-state index contributed by atoms with van der Waals surface area (Å²) >= 11 is 0. The highest BCUT2D eigenvalue weighted by Crippen LogP contribution is 2.20. The molecule has 60 heavy (non-hydrogen) atoms. The van der Waals surface area contributed by atoms with Crippen LogP contribution in [-0.2, 0) is 40.6 Å². The average molecular weight is 846 g/mol. The summed E-state index contributed by atoms with van der Waals surface area (Å²) in [7, 11) is 0. The summed E-state index contributed by atoms with van der Waals surface area (Å²) in [4.78, 5) is 63.7. The molecule has 4 heterocycles. The van der Waals surface area contributed by atoms with Crippen LogP contribution in [0.25, 0.3) is 0 Å². The molecule has 14 nitrogen and oxygen atoms in total. The minimum absolute atomic E-state index is 0. The molecule has 0 saturated carbocycles. The van der Waals surface area contributed by atoms with Gasteiger partial charge in [0.15, 0.2) is 24.8 Å². The second kappa shape index (κ2) is 24.2. The molecule has 0 radical (unpaired) electrons. The normalized spacial score (nSPS) is 16.4. The van der Waals surface area contributed by atoms with Crippen molar-refractivity contribution in [3.05, 3.63) is 132 Å². The highest BCUT2D eigenvalue weighted by Gasteiger charge is 2.34. The molecule has 2 aliphatic rings. The number of nitrogens with one attached hydrogen (secondary N) is 2. The van der Waals surface area contributed by atoms with Gasteiger partial charge in [-0.15, -0.1) is 0 Å². The van der Waals surface area contributed by atoms with E-state index in [0.29, 0.717) is 43.0 Å². The van der Waals surface area contributed by atoms with E-state index < -0.39 is 24.2 Å². The van der Waals surface area contributed by atoms with Gasteiger partial charge < -0.3 is 47.4 Å². The molecule has 0 bridgehead atoms. The van der Waals surface area contributed by atoms with E-state index in [0.717, 1.165) is 36.9 Å². The number of carbonyl (C=O) groups is 5. The number of rotatable bonds is 13. The van der Waals surface area contributed by atoms with Gasteiger partial charge in [-0.2, -0.15) is 9.13 Å². The van der Waals surface area contributed by atoms with Crippen molar-refractivity contribution in [2.75, 3.05) is 13.1 Å². The van der Waals surface area contributed by atoms with Crippen molar-refractivity contribution in [2.45, 2.75) is 104 Å². The molecule has 2 saturated heterocycles. The first kappa shape index (κ1) is 48.3. The third-order valence-electron chi connectivity index (χ3n) is 10.1. The molecule has 322 valence electrons. The first-order valence-electron chi connectivity index (χ1n) is 19.7. The number of ether oxygens (including phenoxy) is 2. The summed E-state index contributed by atoms with van der Waals surface area (Å²) in [5.74, 6) is -1.22. The molecule has 3 N–H and O–H groups in total. The Hall–Kier alpha value is -6.02. The van der Waals surface area contributed by atoms with Crippen LogP contribution in [0.2, 0.25) is 0 Å². The van der Waals surface area contributed by atoms with E-state index in [9.17, 15) is 29.1 Å². The quantitative estimate of drug-likeness (QED) is 0.173. The standard InChI is InChI=1S/C22H25N3O5.C22H27N3O3.CH4.ClH/c1-16(14-17-6-3-2-4-7-17)23-22(29)30-15-24-12-9-18(10-13-24)20(26)25-11-5-8-19(25)21(27)28;1-17(15-19-8-4-3-5-9-19)23-22(27)28-16-24-13-10-20(11-14-24)21(26)25-12-6-7-18(25)2;;/h2-4,6-7,9-10,12-13,16,19H,5,8,11,14-15H2,1H3,(H-,23,27,28,29);3-5,8-11,13-14,17-18H,6-7,12,15-16H2,1-2H3;1H4;1H/p+1/t16-,19-;17-,18+;;/m00../s1. The molecule has 4 amide bonds. The van der Waals surface area contributed by atoms with Gasteiger partial charge in [0.1, 0.15) is 6.04 Å². The smallest absolute Gasteiger partial charge is 0.412 e. The van der Waals surface area contributed by atoms with Crippen LogP contribution in [-0.4, -0.2) is 82.1 Å². The highest BCUT2D eigenvalue weighted by atomic mass is 35.5. The second-order valence-electron chi connectivity index (χ2n) is 14.8. The van der Waals surface area contributed by atoms with E-state index in [1.807, 2.05) is 79.4 Å². The van der Waals surface area contributed by atoms with Gasteiger partial charge in [0.25, 0.3) is 25.3 Å². The maximum Gasteiger partial charge on any atom is 0.412 e. The third kappa shape index (κ3) is 14.7. The fourth-order valence-electron chi connectivity index (χ4n) is 6.99. The Kier molecular flexibility index (Phi) is 19.5. The number of hydrogen-bond donors (Lipinski definition) is 3. The lowest BCUT2D eigenvalue weighted by Gasteiger charge is -2.21. The Bertz CT molecular complexity index is 1970. The summed E-state index contributed by atoms with van der Waals surface area (Å²) in [6.45, 7) is 7.29. The summed E-state index contributed by atoms with van der Waals surface area (Å²) in [5.41, 5.74) is 3.35. The molecule has 4 aromatic rings. The SMILES string of the molecule is C.C[C@@H](Cc1ccccc1)NC(=O)OC[n+]1ccc(C(=O)N2CCC[C@H]2C(=O)O)cc1.C[C@@H]1CCCN1C(=O)c1cc[n+](COC(=O)N[C@@H](C)Cc2ccccc2)cc1.[Cl-]. The summed E-state index contributed by atoms with van der Waals surface area (Å²) in [6, 6.07) is 26.0. The minimum atomic E-state index is -0.979. The van der Waals surface area contributed by atoms with Crippen molar-refractivity contribution < 1.29 is 60.1 Å². The zero-order chi connectivity index (χ0) is 41.4. The summed E-state index contributed by atoms with van der Waals surface area (Å²) in [5, 5.41) is 14.9. The monoisotopic (exact) mass is 845 g/mol. The molecule has 2 aromatic heterocycles. The molecule has 2 aromatic carbocycles. The second-order valence-corrected chi connectivity index (χ2v) is 14.8. The van der Waals surface area contributed by atoms with E-state index in [-0.39, 0.29) is 57.2 Å². The number of alkyl carbamates (subject to hydrolysis) is 2. The van der Waals surface area contributed by atoms with Crippen LogP contribution in [0.5, 0.6) is 0 Å². The molecular weight excluding hydrogens is 788 g/mol. The number of pyridine rings is 2. The molecule has 0 aliphatic carbocycles. The van der Waals surface area contributed by atoms with Crippen molar-refractivity contribution in [3.63, 3.8) is 0 Å². The van der Waals surface area contributed by atoms with Gasteiger partial charge in [-0.25, -0.2) is 14.4 Å². The van der Waals surface area contributed by atoms with Gasteiger partial charge in [0.2, 0.25) is 0 Å². The lowest BCUT2D eigenvalue weighted by Crippen LogP contribution is -3.00. The van der Waals surface area contributed by atoms with E-state index in [2.05, 4.69) is 17.6 Å². The van der Waals surface area contributed by atoms with Crippen molar-refractivity contribution >= 4 is 30.0 Å². The van der Waals surface area contributed by atoms with Crippen molar-refractivity contribution in [1.82, 2.24) is 20.4 Å². The highest BCUT2D eigenvalue weighted by molar-refractivity contribution is 5.96. The lowest BCUT2D eigenvalue weighted by atomic mass is 10.1. The van der Waals surface area contributed by atoms with Gasteiger partial charge in [0, 0.05) is 55.5 Å². The Morgan fingerprint density at radius 1 is 0.667 bits per heavy atom. The number of benzene rings is 2. The molecule has 6 rings (SSSR count). The fourth-order valence-corrected chi connectivity index (χ4v) is 6.99. The molecule has 2 aliphatic heterocycles. The number of hydrogen-bond acceptors (Lipinski definition) is 7. The Morgan fingerprint density at radius 3 is 1.47 bits per heavy atom. The van der Waals surface area contributed by atoms with Gasteiger partial charge in [0.05, 0.1) is 11.1 Å². The topological polar surface area (TPSA) is 162 Å². The van der Waals surface area contributed by atoms with Crippen molar-refractivity contribution in [2.24, 2.45) is 0 Å². The van der Waals surface area contributed by atoms with E-state index >= 15 is 0 Å². The Morgan fingerprint density at radius 2 is 1.07 bits per heavy atom. The van der Waals surface area contributed by atoms with E-state index in [4.69, 9.17) is 9.47 Å². The number of aromatic nitrogens is 2. The number of carbonyl (C=O) groups excluding carboxylic acids is 4. The van der Waals surface area contributed by atoms with E-state index in [1.54, 1.807) is 58.2 Å². The Labute approximate surface area is 358 Å². The van der Waals surface area contributed by atoms with Crippen molar-refractivity contribution in [1.29, 1.82) is 0 Å². The largest absolute Gasteiger partial charge is 1.00 e. The number of amides is 4. The maximum absolute atomic E-state index is 12.6. The first-order chi connectivity index (χ1) is 28.0. The van der Waals surface area contributed by atoms with Gasteiger partial charge in [-0.05, 0) is 70.4 Å². The minimum Gasteiger partial charge on any atom is -1.00 e. The molecule has 4 atom stereocenters. The van der Waals surface area contributed by atoms with E-state index in [1.165, 1.54) is 4.90 Å². The zero-order valence-corrected chi connectivity index (χ0v) is 34.5. The van der Waals surface area contributed by atoms with Crippen LogP contribution in [0.3, 0.4) is 0 Å². The first-order valence-corrected chi connectivity index (χ1v) is 19.7. The number of likely N-dealkylation sites (tertiary alicyclic amines) is 2. The van der Waals surface area contributed by atoms with Crippen LogP contribution in [0, 0.1) is 0 Å². The van der Waals surface area contributed by atoms with Crippen LogP contribution >= 0.6 is 0 Å². The number of aliphatic carboxylic acids is 1. The maximum atomic E-state index is 12.6. The fraction of sp³-hybridized carbons (Fsp3) is 0.400. The van der Waals surface area contributed by atoms with Crippen LogP contribution in [0.4, 0.5) is 9.59 Å². The number of nitrogens with zero attached hydrogens (tertiary/aromatic N) is 4. The lowest BCUT2D eigenvalue weighted by molar-refractivity contribution is -0.727. The summed E-state index contributed by atoms with van der Waals surface area (Å²) in [6.07, 6.45) is 10.5. The third-order valence-corrected chi connectivity index (χ3v) is 10.1. The molecule has 0 unspecified atom stereocenters.